The lowest BCUT2D eigenvalue weighted by molar-refractivity contribution is 0.154. The van der Waals surface area contributed by atoms with E-state index in [-0.39, 0.29) is 12.1 Å². The molecule has 0 spiro atoms. The zero-order chi connectivity index (χ0) is 14.4. The average Bonchev–Trinajstić information content (AvgIpc) is 3.30. The SMILES string of the molecule is CCC(C)SCCC(CO)(NC1CC1)c1ccccc1. The van der Waals surface area contributed by atoms with Gasteiger partial charge in [-0.25, -0.2) is 0 Å². The maximum atomic E-state index is 10.1. The highest BCUT2D eigenvalue weighted by Gasteiger charge is 2.36. The van der Waals surface area contributed by atoms with E-state index in [4.69, 9.17) is 0 Å². The zero-order valence-electron chi connectivity index (χ0n) is 12.6. The fraction of sp³-hybridized carbons (Fsp3) is 0.647. The van der Waals surface area contributed by atoms with Crippen LogP contribution in [0.4, 0.5) is 0 Å². The predicted molar refractivity (Wildman–Crippen MR) is 88.2 cm³/mol. The Morgan fingerprint density at radius 3 is 2.60 bits per heavy atom. The van der Waals surface area contributed by atoms with Crippen LogP contribution < -0.4 is 5.32 Å². The standard InChI is InChI=1S/C17H27NOS/c1-3-14(2)20-12-11-17(13-19,18-16-9-10-16)15-7-5-4-6-8-15/h4-8,14,16,18-19H,3,9-13H2,1-2H3. The molecule has 2 rings (SSSR count). The van der Waals surface area contributed by atoms with Crippen LogP contribution in [0.2, 0.25) is 0 Å². The molecule has 0 aromatic heterocycles. The van der Waals surface area contributed by atoms with E-state index < -0.39 is 0 Å². The summed E-state index contributed by atoms with van der Waals surface area (Å²) in [6, 6.07) is 11.0. The summed E-state index contributed by atoms with van der Waals surface area (Å²) < 4.78 is 0. The fourth-order valence-electron chi connectivity index (χ4n) is 2.44. The molecule has 1 saturated carbocycles. The normalized spacial score (nSPS) is 19.6. The van der Waals surface area contributed by atoms with E-state index in [0.29, 0.717) is 11.3 Å². The maximum Gasteiger partial charge on any atom is 0.0679 e. The Bertz CT molecular complexity index is 393. The van der Waals surface area contributed by atoms with Gasteiger partial charge in [-0.05, 0) is 37.0 Å². The zero-order valence-corrected chi connectivity index (χ0v) is 13.5. The van der Waals surface area contributed by atoms with E-state index >= 15 is 0 Å². The molecular formula is C17H27NOS. The first-order chi connectivity index (χ1) is 9.70. The Morgan fingerprint density at radius 1 is 1.35 bits per heavy atom. The minimum Gasteiger partial charge on any atom is -0.394 e. The molecule has 0 bridgehead atoms. The molecule has 20 heavy (non-hydrogen) atoms. The van der Waals surface area contributed by atoms with Crippen LogP contribution in [0.25, 0.3) is 0 Å². The van der Waals surface area contributed by atoms with Gasteiger partial charge in [0.25, 0.3) is 0 Å². The van der Waals surface area contributed by atoms with E-state index in [1.807, 2.05) is 17.8 Å². The lowest BCUT2D eigenvalue weighted by atomic mass is 9.87. The summed E-state index contributed by atoms with van der Waals surface area (Å²) in [5.41, 5.74) is 0.960. The largest absolute Gasteiger partial charge is 0.394 e. The van der Waals surface area contributed by atoms with Crippen molar-refractivity contribution in [1.29, 1.82) is 0 Å². The molecule has 1 aliphatic carbocycles. The maximum absolute atomic E-state index is 10.1. The van der Waals surface area contributed by atoms with Gasteiger partial charge < -0.3 is 10.4 Å². The minimum atomic E-state index is -0.261. The van der Waals surface area contributed by atoms with Crippen molar-refractivity contribution in [2.45, 2.75) is 56.4 Å². The highest BCUT2D eigenvalue weighted by Crippen LogP contribution is 2.32. The predicted octanol–water partition coefficient (Wildman–Crippen LogP) is 3.55. The third-order valence-corrected chi connectivity index (χ3v) is 5.50. The molecule has 2 N–H and O–H groups in total. The van der Waals surface area contributed by atoms with Gasteiger partial charge in [0.15, 0.2) is 0 Å². The number of hydrogen-bond donors (Lipinski definition) is 2. The van der Waals surface area contributed by atoms with Crippen LogP contribution in [0.3, 0.4) is 0 Å². The quantitative estimate of drug-likeness (QED) is 0.730. The number of benzene rings is 1. The van der Waals surface area contributed by atoms with Gasteiger partial charge in [0.2, 0.25) is 0 Å². The molecule has 1 aromatic rings. The minimum absolute atomic E-state index is 0.175. The van der Waals surface area contributed by atoms with Gasteiger partial charge in [-0.1, -0.05) is 44.2 Å². The molecule has 0 radical (unpaired) electrons. The Hall–Kier alpha value is -0.510. The van der Waals surface area contributed by atoms with Crippen LogP contribution in [-0.2, 0) is 5.54 Å². The summed E-state index contributed by atoms with van der Waals surface area (Å²) >= 11 is 2.01. The van der Waals surface area contributed by atoms with Gasteiger partial charge in [-0.3, -0.25) is 0 Å². The number of aliphatic hydroxyl groups is 1. The van der Waals surface area contributed by atoms with E-state index in [2.05, 4.69) is 43.4 Å². The molecule has 2 unspecified atom stereocenters. The number of nitrogens with one attached hydrogen (secondary N) is 1. The first-order valence-corrected chi connectivity index (χ1v) is 8.81. The van der Waals surface area contributed by atoms with Gasteiger partial charge in [0, 0.05) is 11.3 Å². The summed E-state index contributed by atoms with van der Waals surface area (Å²) in [4.78, 5) is 0. The summed E-state index contributed by atoms with van der Waals surface area (Å²) in [5.74, 6) is 1.09. The topological polar surface area (TPSA) is 32.3 Å². The molecule has 2 nitrogen and oxygen atoms in total. The van der Waals surface area contributed by atoms with Gasteiger partial charge in [0.05, 0.1) is 12.1 Å². The lowest BCUT2D eigenvalue weighted by Gasteiger charge is -2.34. The number of rotatable bonds is 9. The highest BCUT2D eigenvalue weighted by atomic mass is 32.2. The van der Waals surface area contributed by atoms with Crippen molar-refractivity contribution in [2.24, 2.45) is 0 Å². The molecule has 1 aliphatic rings. The number of aliphatic hydroxyl groups excluding tert-OH is 1. The Labute approximate surface area is 127 Å². The molecule has 2 atom stereocenters. The molecule has 0 aliphatic heterocycles. The second-order valence-corrected chi connectivity index (χ2v) is 7.41. The van der Waals surface area contributed by atoms with Crippen LogP contribution in [-0.4, -0.2) is 28.8 Å². The van der Waals surface area contributed by atoms with Crippen LogP contribution in [0.15, 0.2) is 30.3 Å². The van der Waals surface area contributed by atoms with Gasteiger partial charge in [0.1, 0.15) is 0 Å². The Kier molecular flexibility index (Phi) is 5.94. The molecule has 1 aromatic carbocycles. The summed E-state index contributed by atoms with van der Waals surface area (Å²) in [6.07, 6.45) is 4.68. The van der Waals surface area contributed by atoms with Crippen molar-refractivity contribution in [3.05, 3.63) is 35.9 Å². The molecule has 0 heterocycles. The summed E-state index contributed by atoms with van der Waals surface area (Å²) in [7, 11) is 0. The third kappa shape index (κ3) is 4.24. The van der Waals surface area contributed by atoms with Gasteiger partial charge >= 0.3 is 0 Å². The van der Waals surface area contributed by atoms with E-state index in [9.17, 15) is 5.11 Å². The fourth-order valence-corrected chi connectivity index (χ4v) is 3.55. The Morgan fingerprint density at radius 2 is 2.05 bits per heavy atom. The van der Waals surface area contributed by atoms with Crippen molar-refractivity contribution in [3.8, 4) is 0 Å². The van der Waals surface area contributed by atoms with Crippen molar-refractivity contribution in [3.63, 3.8) is 0 Å². The monoisotopic (exact) mass is 293 g/mol. The molecule has 0 saturated heterocycles. The van der Waals surface area contributed by atoms with Gasteiger partial charge in [-0.15, -0.1) is 0 Å². The van der Waals surface area contributed by atoms with Crippen molar-refractivity contribution >= 4 is 11.8 Å². The van der Waals surface area contributed by atoms with E-state index in [0.717, 1.165) is 12.2 Å². The molecule has 0 amide bonds. The second kappa shape index (κ2) is 7.48. The van der Waals surface area contributed by atoms with Crippen molar-refractivity contribution in [2.75, 3.05) is 12.4 Å². The first-order valence-electron chi connectivity index (χ1n) is 7.76. The smallest absolute Gasteiger partial charge is 0.0679 e. The average molecular weight is 293 g/mol. The number of thioether (sulfide) groups is 1. The van der Waals surface area contributed by atoms with E-state index in [1.165, 1.54) is 24.8 Å². The highest BCUT2D eigenvalue weighted by molar-refractivity contribution is 7.99. The molecule has 1 fully saturated rings. The summed E-state index contributed by atoms with van der Waals surface area (Å²) in [5, 5.41) is 14.5. The van der Waals surface area contributed by atoms with Crippen molar-refractivity contribution < 1.29 is 5.11 Å². The van der Waals surface area contributed by atoms with Crippen molar-refractivity contribution in [1.82, 2.24) is 5.32 Å². The lowest BCUT2D eigenvalue weighted by Crippen LogP contribution is -2.47. The molecular weight excluding hydrogens is 266 g/mol. The van der Waals surface area contributed by atoms with Crippen LogP contribution >= 0.6 is 11.8 Å². The van der Waals surface area contributed by atoms with Crippen LogP contribution in [0.1, 0.15) is 45.1 Å². The van der Waals surface area contributed by atoms with Crippen LogP contribution in [0.5, 0.6) is 0 Å². The third-order valence-electron chi connectivity index (χ3n) is 4.16. The molecule has 112 valence electrons. The summed E-state index contributed by atoms with van der Waals surface area (Å²) in [6.45, 7) is 4.69. The second-order valence-electron chi connectivity index (χ2n) is 5.86. The Balaban J connectivity index is 2.06. The first kappa shape index (κ1) is 15.9. The van der Waals surface area contributed by atoms with Crippen LogP contribution in [0, 0.1) is 0 Å². The molecule has 3 heteroatoms. The van der Waals surface area contributed by atoms with Gasteiger partial charge in [-0.2, -0.15) is 11.8 Å². The van der Waals surface area contributed by atoms with E-state index in [1.54, 1.807) is 0 Å². The number of hydrogen-bond acceptors (Lipinski definition) is 3.